The van der Waals surface area contributed by atoms with Crippen LogP contribution in [0.25, 0.3) is 11.1 Å². The van der Waals surface area contributed by atoms with E-state index in [1.807, 2.05) is 11.7 Å². The van der Waals surface area contributed by atoms with Crippen LogP contribution in [-0.4, -0.2) is 21.9 Å². The monoisotopic (exact) mass is 297 g/mol. The zero-order valence-electron chi connectivity index (χ0n) is 14.4. The van der Waals surface area contributed by atoms with E-state index in [4.69, 9.17) is 0 Å². The molecule has 0 spiro atoms. The van der Waals surface area contributed by atoms with Crippen LogP contribution in [-0.2, 0) is 19.9 Å². The Kier molecular flexibility index (Phi) is 4.09. The van der Waals surface area contributed by atoms with Crippen molar-refractivity contribution in [3.8, 4) is 11.1 Å². The predicted molar refractivity (Wildman–Crippen MR) is 92.2 cm³/mol. The average molecular weight is 297 g/mol. The molecule has 2 aromatic rings. The molecule has 1 N–H and O–H groups in total. The van der Waals surface area contributed by atoms with Gasteiger partial charge in [0, 0.05) is 30.4 Å². The first-order chi connectivity index (χ1) is 10.5. The Balaban J connectivity index is 2.00. The Morgan fingerprint density at radius 1 is 1.27 bits per heavy atom. The number of hydrogen-bond acceptors (Lipinski definition) is 2. The number of aromatic nitrogens is 2. The molecule has 0 saturated carbocycles. The predicted octanol–water partition coefficient (Wildman–Crippen LogP) is 3.56. The maximum atomic E-state index is 4.59. The van der Waals surface area contributed by atoms with Crippen molar-refractivity contribution in [2.24, 2.45) is 7.05 Å². The van der Waals surface area contributed by atoms with Crippen LogP contribution in [0.15, 0.2) is 18.2 Å². The van der Waals surface area contributed by atoms with Gasteiger partial charge in [-0.1, -0.05) is 32.0 Å². The number of aryl methyl sites for hydroxylation is 2. The highest BCUT2D eigenvalue weighted by Crippen LogP contribution is 2.35. The number of nitrogens with zero attached hydrogens (tertiary/aromatic N) is 2. The third kappa shape index (κ3) is 2.70. The van der Waals surface area contributed by atoms with Gasteiger partial charge in [-0.2, -0.15) is 5.10 Å². The van der Waals surface area contributed by atoms with Crippen LogP contribution < -0.4 is 5.32 Å². The zero-order chi connectivity index (χ0) is 15.9. The standard InChI is InChI=1S/C19H27N3/c1-12(2)20-16-9-10-17-15(11-16)7-6-8-18(17)19-13(3)21-22(5)14(19)4/h6-8,12,16,20H,9-11H2,1-5H3/t16-/m0/s1. The lowest BCUT2D eigenvalue weighted by atomic mass is 9.83. The molecule has 0 unspecified atom stereocenters. The normalized spacial score (nSPS) is 17.8. The van der Waals surface area contributed by atoms with Crippen LogP contribution in [0.3, 0.4) is 0 Å². The molecule has 1 aliphatic rings. The number of benzene rings is 1. The summed E-state index contributed by atoms with van der Waals surface area (Å²) < 4.78 is 2.00. The quantitative estimate of drug-likeness (QED) is 0.939. The fraction of sp³-hybridized carbons (Fsp3) is 0.526. The van der Waals surface area contributed by atoms with E-state index >= 15 is 0 Å². The van der Waals surface area contributed by atoms with E-state index in [1.54, 1.807) is 0 Å². The van der Waals surface area contributed by atoms with Gasteiger partial charge in [-0.05, 0) is 49.8 Å². The summed E-state index contributed by atoms with van der Waals surface area (Å²) in [5.74, 6) is 0. The van der Waals surface area contributed by atoms with E-state index in [-0.39, 0.29) is 0 Å². The molecule has 0 aliphatic heterocycles. The third-order valence-corrected chi connectivity index (χ3v) is 4.83. The van der Waals surface area contributed by atoms with Crippen molar-refractivity contribution in [1.29, 1.82) is 0 Å². The Labute approximate surface area is 133 Å². The van der Waals surface area contributed by atoms with Crippen molar-refractivity contribution < 1.29 is 0 Å². The highest BCUT2D eigenvalue weighted by atomic mass is 15.3. The maximum absolute atomic E-state index is 4.59. The van der Waals surface area contributed by atoms with Crippen LogP contribution in [0.4, 0.5) is 0 Å². The number of rotatable bonds is 3. The summed E-state index contributed by atoms with van der Waals surface area (Å²) in [5, 5.41) is 8.29. The van der Waals surface area contributed by atoms with E-state index in [0.717, 1.165) is 18.5 Å². The highest BCUT2D eigenvalue weighted by molar-refractivity contribution is 5.73. The SMILES string of the molecule is Cc1nn(C)c(C)c1-c1cccc2c1CC[C@H](NC(C)C)C2. The molecule has 3 heteroatoms. The minimum Gasteiger partial charge on any atom is -0.311 e. The van der Waals surface area contributed by atoms with E-state index in [1.165, 1.54) is 34.4 Å². The molecule has 1 atom stereocenters. The molecule has 0 saturated heterocycles. The Morgan fingerprint density at radius 2 is 2.05 bits per heavy atom. The number of nitrogens with one attached hydrogen (secondary N) is 1. The van der Waals surface area contributed by atoms with Crippen molar-refractivity contribution in [1.82, 2.24) is 15.1 Å². The summed E-state index contributed by atoms with van der Waals surface area (Å²) in [6.45, 7) is 8.75. The molecule has 1 aromatic carbocycles. The molecule has 1 aliphatic carbocycles. The second-order valence-electron chi connectivity index (χ2n) is 6.87. The Hall–Kier alpha value is -1.61. The van der Waals surface area contributed by atoms with Gasteiger partial charge in [-0.3, -0.25) is 4.68 Å². The van der Waals surface area contributed by atoms with E-state index in [9.17, 15) is 0 Å². The first-order valence-electron chi connectivity index (χ1n) is 8.34. The summed E-state index contributed by atoms with van der Waals surface area (Å²) in [7, 11) is 2.03. The molecular formula is C19H27N3. The molecule has 118 valence electrons. The van der Waals surface area contributed by atoms with Crippen LogP contribution >= 0.6 is 0 Å². The second kappa shape index (κ2) is 5.88. The second-order valence-corrected chi connectivity index (χ2v) is 6.87. The van der Waals surface area contributed by atoms with Crippen LogP contribution in [0.2, 0.25) is 0 Å². The lowest BCUT2D eigenvalue weighted by molar-refractivity contribution is 0.422. The van der Waals surface area contributed by atoms with Crippen molar-refractivity contribution in [2.75, 3.05) is 0 Å². The first-order valence-corrected chi connectivity index (χ1v) is 8.34. The van der Waals surface area contributed by atoms with Crippen molar-refractivity contribution >= 4 is 0 Å². The third-order valence-electron chi connectivity index (χ3n) is 4.83. The number of fused-ring (bicyclic) bond motifs is 1. The fourth-order valence-electron chi connectivity index (χ4n) is 3.82. The minimum absolute atomic E-state index is 0.553. The minimum atomic E-state index is 0.553. The molecule has 0 amide bonds. The summed E-state index contributed by atoms with van der Waals surface area (Å²) in [5.41, 5.74) is 8.15. The van der Waals surface area contributed by atoms with Crippen molar-refractivity contribution in [2.45, 2.75) is 59.0 Å². The first kappa shape index (κ1) is 15.3. The van der Waals surface area contributed by atoms with Gasteiger partial charge in [-0.15, -0.1) is 0 Å². The summed E-state index contributed by atoms with van der Waals surface area (Å²) in [6.07, 6.45) is 3.52. The van der Waals surface area contributed by atoms with Crippen molar-refractivity contribution in [3.05, 3.63) is 40.7 Å². The zero-order valence-corrected chi connectivity index (χ0v) is 14.4. The molecule has 0 bridgehead atoms. The van der Waals surface area contributed by atoms with E-state index in [0.29, 0.717) is 12.1 Å². The van der Waals surface area contributed by atoms with Crippen LogP contribution in [0.1, 0.15) is 42.8 Å². The fourth-order valence-corrected chi connectivity index (χ4v) is 3.82. The van der Waals surface area contributed by atoms with Gasteiger partial charge >= 0.3 is 0 Å². The van der Waals surface area contributed by atoms with E-state index in [2.05, 4.69) is 56.3 Å². The molecule has 22 heavy (non-hydrogen) atoms. The smallest absolute Gasteiger partial charge is 0.0674 e. The van der Waals surface area contributed by atoms with Gasteiger partial charge in [0.05, 0.1) is 5.69 Å². The summed E-state index contributed by atoms with van der Waals surface area (Å²) in [6, 6.07) is 7.94. The van der Waals surface area contributed by atoms with Crippen LogP contribution in [0.5, 0.6) is 0 Å². The molecule has 0 fully saturated rings. The van der Waals surface area contributed by atoms with Gasteiger partial charge in [0.25, 0.3) is 0 Å². The average Bonchev–Trinajstić information content (AvgIpc) is 2.70. The molecule has 1 aromatic heterocycles. The van der Waals surface area contributed by atoms with Gasteiger partial charge in [0.2, 0.25) is 0 Å². The van der Waals surface area contributed by atoms with Crippen LogP contribution in [0, 0.1) is 13.8 Å². The van der Waals surface area contributed by atoms with Gasteiger partial charge < -0.3 is 5.32 Å². The molecule has 0 radical (unpaired) electrons. The molecular weight excluding hydrogens is 270 g/mol. The number of hydrogen-bond donors (Lipinski definition) is 1. The van der Waals surface area contributed by atoms with Gasteiger partial charge in [0.1, 0.15) is 0 Å². The Bertz CT molecular complexity index is 682. The summed E-state index contributed by atoms with van der Waals surface area (Å²) >= 11 is 0. The highest BCUT2D eigenvalue weighted by Gasteiger charge is 2.23. The lowest BCUT2D eigenvalue weighted by Crippen LogP contribution is -2.38. The maximum Gasteiger partial charge on any atom is 0.0674 e. The van der Waals surface area contributed by atoms with Gasteiger partial charge in [-0.25, -0.2) is 0 Å². The topological polar surface area (TPSA) is 29.9 Å². The van der Waals surface area contributed by atoms with Gasteiger partial charge in [0.15, 0.2) is 0 Å². The molecule has 1 heterocycles. The molecule has 3 rings (SSSR count). The lowest BCUT2D eigenvalue weighted by Gasteiger charge is -2.29. The Morgan fingerprint density at radius 3 is 2.68 bits per heavy atom. The largest absolute Gasteiger partial charge is 0.311 e. The summed E-state index contributed by atoms with van der Waals surface area (Å²) in [4.78, 5) is 0. The molecule has 3 nitrogen and oxygen atoms in total. The van der Waals surface area contributed by atoms with E-state index < -0.39 is 0 Å². The van der Waals surface area contributed by atoms with Crippen molar-refractivity contribution in [3.63, 3.8) is 0 Å².